The predicted octanol–water partition coefficient (Wildman–Crippen LogP) is -1.14. The molecule has 168 valence electrons. The number of carbonyl (C=O) groups is 1. The van der Waals surface area contributed by atoms with E-state index in [0.29, 0.717) is 24.0 Å². The molecule has 9 nitrogen and oxygen atoms in total. The van der Waals surface area contributed by atoms with Crippen molar-refractivity contribution in [3.8, 4) is 0 Å². The molecule has 0 aromatic heterocycles. The second-order valence-corrected chi connectivity index (χ2v) is 8.95. The Kier molecular flexibility index (Phi) is 5.82. The average Bonchev–Trinajstić information content (AvgIpc) is 3.15. The number of hydrogen-bond donors (Lipinski definition) is 5. The van der Waals surface area contributed by atoms with Crippen LogP contribution in [0.2, 0.25) is 0 Å². The predicted molar refractivity (Wildman–Crippen MR) is 102 cm³/mol. The van der Waals surface area contributed by atoms with Crippen LogP contribution in [0, 0.1) is 23.7 Å². The van der Waals surface area contributed by atoms with Gasteiger partial charge in [-0.05, 0) is 29.9 Å². The van der Waals surface area contributed by atoms with Crippen molar-refractivity contribution in [3.05, 3.63) is 24.3 Å². The molecule has 2 aliphatic heterocycles. The third-order valence-corrected chi connectivity index (χ3v) is 7.33. The summed E-state index contributed by atoms with van der Waals surface area (Å²) in [4.78, 5) is 12.2. The summed E-state index contributed by atoms with van der Waals surface area (Å²) in [5.74, 6) is -1.31. The normalized spacial score (nSPS) is 51.3. The second kappa shape index (κ2) is 7.98. The fourth-order valence-electron chi connectivity index (χ4n) is 5.43. The quantitative estimate of drug-likeness (QED) is 0.279. The zero-order valence-electron chi connectivity index (χ0n) is 16.8. The minimum atomic E-state index is -1.54. The zero-order chi connectivity index (χ0) is 21.9. The minimum absolute atomic E-state index is 0.165. The lowest BCUT2D eigenvalue weighted by atomic mass is 9.80. The fraction of sp³-hybridized carbons (Fsp3) is 0.762. The number of esters is 1. The van der Waals surface area contributed by atoms with Crippen LogP contribution in [0.4, 0.5) is 0 Å². The van der Waals surface area contributed by atoms with E-state index >= 15 is 0 Å². The number of aliphatic hydroxyl groups is 5. The van der Waals surface area contributed by atoms with Crippen molar-refractivity contribution in [1.82, 2.24) is 0 Å². The molecule has 0 aromatic carbocycles. The van der Waals surface area contributed by atoms with Gasteiger partial charge in [-0.2, -0.15) is 0 Å². The number of hydrogen-bond acceptors (Lipinski definition) is 9. The highest BCUT2D eigenvalue weighted by Crippen LogP contribution is 2.53. The van der Waals surface area contributed by atoms with Gasteiger partial charge < -0.3 is 39.7 Å². The van der Waals surface area contributed by atoms with E-state index in [-0.39, 0.29) is 29.6 Å². The highest BCUT2D eigenvalue weighted by atomic mass is 16.7. The molecule has 0 amide bonds. The third-order valence-electron chi connectivity index (χ3n) is 7.33. The standard InChI is InChI=1S/C21H30O9/c1-7-10-5-13(28-21-18(26)17(25)16(24)14(6-22)29-21)9(3)15(10)19-11(4-12(7)23)8(2)20(27)30-19/h8,10-19,21-26H,1,3-6H2,2H3/t8-,10-,11-,12+,13-,14-,15-,16+,17-,18+,19-,21+/m0/s1. The molecule has 5 N–H and O–H groups in total. The maximum absolute atomic E-state index is 12.2. The number of carbonyl (C=O) groups excluding carboxylic acids is 1. The highest BCUT2D eigenvalue weighted by molar-refractivity contribution is 5.75. The Morgan fingerprint density at radius 1 is 1.07 bits per heavy atom. The Morgan fingerprint density at radius 3 is 2.43 bits per heavy atom. The summed E-state index contributed by atoms with van der Waals surface area (Å²) >= 11 is 0. The van der Waals surface area contributed by atoms with Gasteiger partial charge in [0.15, 0.2) is 6.29 Å². The SMILES string of the molecule is C=C1[C@@H]2[C@H]3OC(=O)[C@@H](C)[C@@H]3C[C@@H](O)C(=C)[C@@H]2C[C@@H]1O[C@@H]1O[C@@H](CO)[C@@H](O)[C@H](O)[C@H]1O. The maximum atomic E-state index is 12.2. The molecule has 12 atom stereocenters. The molecule has 2 aliphatic carbocycles. The van der Waals surface area contributed by atoms with Crippen LogP contribution in [0.3, 0.4) is 0 Å². The molecule has 4 rings (SSSR count). The molecule has 0 radical (unpaired) electrons. The van der Waals surface area contributed by atoms with E-state index in [1.807, 2.05) is 0 Å². The first-order valence-electron chi connectivity index (χ1n) is 10.4. The van der Waals surface area contributed by atoms with E-state index < -0.39 is 55.6 Å². The van der Waals surface area contributed by atoms with E-state index in [0.717, 1.165) is 0 Å². The number of aliphatic hydroxyl groups excluding tert-OH is 5. The fourth-order valence-corrected chi connectivity index (χ4v) is 5.43. The topological polar surface area (TPSA) is 146 Å². The largest absolute Gasteiger partial charge is 0.461 e. The number of ether oxygens (including phenoxy) is 3. The van der Waals surface area contributed by atoms with Gasteiger partial charge in [-0.15, -0.1) is 0 Å². The van der Waals surface area contributed by atoms with Crippen LogP contribution >= 0.6 is 0 Å². The van der Waals surface area contributed by atoms with Crippen LogP contribution in [0.1, 0.15) is 19.8 Å². The van der Waals surface area contributed by atoms with Crippen molar-refractivity contribution in [1.29, 1.82) is 0 Å². The Labute approximate surface area is 174 Å². The molecular weight excluding hydrogens is 396 g/mol. The Bertz CT molecular complexity index is 721. The summed E-state index contributed by atoms with van der Waals surface area (Å²) in [6.07, 6.45) is -7.94. The first kappa shape index (κ1) is 21.9. The number of fused-ring (bicyclic) bond motifs is 3. The average molecular weight is 426 g/mol. The van der Waals surface area contributed by atoms with Gasteiger partial charge in [0, 0.05) is 11.8 Å². The second-order valence-electron chi connectivity index (χ2n) is 8.95. The molecule has 2 heterocycles. The molecule has 0 unspecified atom stereocenters. The van der Waals surface area contributed by atoms with Crippen molar-refractivity contribution in [2.75, 3.05) is 6.61 Å². The molecule has 2 saturated heterocycles. The Balaban J connectivity index is 1.56. The lowest BCUT2D eigenvalue weighted by Crippen LogP contribution is -2.59. The smallest absolute Gasteiger partial charge is 0.309 e. The molecular formula is C21H30O9. The van der Waals surface area contributed by atoms with Gasteiger partial charge in [0.1, 0.15) is 30.5 Å². The molecule has 0 spiro atoms. The van der Waals surface area contributed by atoms with E-state index in [9.17, 15) is 30.3 Å². The van der Waals surface area contributed by atoms with E-state index in [2.05, 4.69) is 13.2 Å². The number of rotatable bonds is 3. The molecule has 2 saturated carbocycles. The van der Waals surface area contributed by atoms with Crippen LogP contribution < -0.4 is 0 Å². The van der Waals surface area contributed by atoms with E-state index in [1.54, 1.807) is 6.92 Å². The molecule has 4 aliphatic rings. The highest BCUT2D eigenvalue weighted by Gasteiger charge is 2.57. The lowest BCUT2D eigenvalue weighted by molar-refractivity contribution is -0.308. The lowest BCUT2D eigenvalue weighted by Gasteiger charge is -2.40. The van der Waals surface area contributed by atoms with Gasteiger partial charge in [0.2, 0.25) is 0 Å². The van der Waals surface area contributed by atoms with Crippen LogP contribution in [-0.2, 0) is 19.0 Å². The van der Waals surface area contributed by atoms with E-state index in [1.165, 1.54) is 0 Å². The molecule has 30 heavy (non-hydrogen) atoms. The van der Waals surface area contributed by atoms with Gasteiger partial charge in [-0.25, -0.2) is 0 Å². The van der Waals surface area contributed by atoms with Crippen LogP contribution in [0.25, 0.3) is 0 Å². The van der Waals surface area contributed by atoms with Crippen molar-refractivity contribution in [3.63, 3.8) is 0 Å². The molecule has 0 aromatic rings. The first-order valence-corrected chi connectivity index (χ1v) is 10.4. The monoisotopic (exact) mass is 426 g/mol. The van der Waals surface area contributed by atoms with Crippen LogP contribution in [0.15, 0.2) is 24.3 Å². The van der Waals surface area contributed by atoms with Gasteiger partial charge in [0.05, 0.1) is 24.7 Å². The maximum Gasteiger partial charge on any atom is 0.309 e. The van der Waals surface area contributed by atoms with Crippen molar-refractivity contribution in [2.45, 2.75) is 68.8 Å². The van der Waals surface area contributed by atoms with Crippen LogP contribution in [0.5, 0.6) is 0 Å². The first-order chi connectivity index (χ1) is 14.1. The zero-order valence-corrected chi connectivity index (χ0v) is 16.8. The molecule has 0 bridgehead atoms. The van der Waals surface area contributed by atoms with Gasteiger partial charge in [-0.3, -0.25) is 4.79 Å². The van der Waals surface area contributed by atoms with Gasteiger partial charge >= 0.3 is 5.97 Å². The van der Waals surface area contributed by atoms with Gasteiger partial charge in [-0.1, -0.05) is 20.1 Å². The summed E-state index contributed by atoms with van der Waals surface area (Å²) in [5.41, 5.74) is 1.28. The van der Waals surface area contributed by atoms with Crippen molar-refractivity contribution < 1.29 is 44.5 Å². The third kappa shape index (κ3) is 3.33. The minimum Gasteiger partial charge on any atom is -0.461 e. The molecule has 9 heteroatoms. The molecule has 4 fully saturated rings. The summed E-state index contributed by atoms with van der Waals surface area (Å²) in [6, 6.07) is 0. The Hall–Kier alpha value is -1.33. The van der Waals surface area contributed by atoms with Gasteiger partial charge in [0.25, 0.3) is 0 Å². The summed E-state index contributed by atoms with van der Waals surface area (Å²) in [7, 11) is 0. The summed E-state index contributed by atoms with van der Waals surface area (Å²) in [5, 5.41) is 50.3. The summed E-state index contributed by atoms with van der Waals surface area (Å²) in [6.45, 7) is 9.47. The van der Waals surface area contributed by atoms with Crippen LogP contribution in [-0.4, -0.2) is 87.1 Å². The van der Waals surface area contributed by atoms with E-state index in [4.69, 9.17) is 14.2 Å². The summed E-state index contributed by atoms with van der Waals surface area (Å²) < 4.78 is 17.1. The van der Waals surface area contributed by atoms with Crippen molar-refractivity contribution >= 4 is 5.97 Å². The van der Waals surface area contributed by atoms with Crippen molar-refractivity contribution in [2.24, 2.45) is 23.7 Å². The Morgan fingerprint density at radius 2 is 1.77 bits per heavy atom.